The normalized spacial score (nSPS) is 15.3. The summed E-state index contributed by atoms with van der Waals surface area (Å²) in [7, 11) is -3.87. The van der Waals surface area contributed by atoms with E-state index in [2.05, 4.69) is 4.72 Å². The molecule has 0 aliphatic carbocycles. The lowest BCUT2D eigenvalue weighted by Crippen LogP contribution is -2.36. The second-order valence-electron chi connectivity index (χ2n) is 5.32. The van der Waals surface area contributed by atoms with Crippen LogP contribution in [0, 0.1) is 5.82 Å². The molecule has 0 amide bonds. The standard InChI is InChI=1S/C16H16ClFN2O3S/c17-12-2-1-3-14(10-12)24(21,22)19-15-11-13(18)4-5-16(15)20-6-8-23-9-7-20/h1-5,10-11,19H,6-9H2. The molecular formula is C16H16ClFN2O3S. The van der Waals surface area contributed by atoms with E-state index in [-0.39, 0.29) is 10.6 Å². The third-order valence-corrected chi connectivity index (χ3v) is 5.26. The molecule has 0 spiro atoms. The zero-order chi connectivity index (χ0) is 17.2. The summed E-state index contributed by atoms with van der Waals surface area (Å²) in [5.74, 6) is -0.518. The van der Waals surface area contributed by atoms with Gasteiger partial charge >= 0.3 is 0 Å². The van der Waals surface area contributed by atoms with E-state index in [0.717, 1.165) is 0 Å². The number of ether oxygens (including phenoxy) is 1. The van der Waals surface area contributed by atoms with Crippen molar-refractivity contribution in [2.24, 2.45) is 0 Å². The first kappa shape index (κ1) is 17.0. The first-order valence-corrected chi connectivity index (χ1v) is 9.22. The van der Waals surface area contributed by atoms with E-state index < -0.39 is 15.8 Å². The van der Waals surface area contributed by atoms with Crippen molar-refractivity contribution in [3.63, 3.8) is 0 Å². The molecule has 1 saturated heterocycles. The van der Waals surface area contributed by atoms with E-state index in [1.54, 1.807) is 18.2 Å². The molecule has 24 heavy (non-hydrogen) atoms. The topological polar surface area (TPSA) is 58.6 Å². The number of nitrogens with one attached hydrogen (secondary N) is 1. The minimum absolute atomic E-state index is 0.0205. The van der Waals surface area contributed by atoms with Crippen molar-refractivity contribution in [1.82, 2.24) is 0 Å². The Balaban J connectivity index is 1.95. The van der Waals surface area contributed by atoms with Gasteiger partial charge in [-0.2, -0.15) is 0 Å². The molecule has 1 heterocycles. The van der Waals surface area contributed by atoms with Gasteiger partial charge in [-0.05, 0) is 30.3 Å². The summed E-state index contributed by atoms with van der Waals surface area (Å²) < 4.78 is 46.5. The number of morpholine rings is 1. The first-order chi connectivity index (χ1) is 11.5. The molecule has 1 N–H and O–H groups in total. The van der Waals surface area contributed by atoms with Crippen molar-refractivity contribution in [2.45, 2.75) is 4.90 Å². The molecule has 1 fully saturated rings. The molecule has 8 heteroatoms. The average Bonchev–Trinajstić information content (AvgIpc) is 2.55. The summed E-state index contributed by atoms with van der Waals surface area (Å²) in [5, 5.41) is 0.311. The van der Waals surface area contributed by atoms with Crippen molar-refractivity contribution in [1.29, 1.82) is 0 Å². The van der Waals surface area contributed by atoms with Crippen LogP contribution in [0.1, 0.15) is 0 Å². The summed E-state index contributed by atoms with van der Waals surface area (Å²) in [5.41, 5.74) is 0.808. The molecule has 5 nitrogen and oxygen atoms in total. The van der Waals surface area contributed by atoms with E-state index >= 15 is 0 Å². The van der Waals surface area contributed by atoms with Gasteiger partial charge in [0.05, 0.1) is 29.5 Å². The quantitative estimate of drug-likeness (QED) is 0.898. The Kier molecular flexibility index (Phi) is 4.93. The van der Waals surface area contributed by atoms with Gasteiger partial charge in [-0.25, -0.2) is 12.8 Å². The Morgan fingerprint density at radius 3 is 2.58 bits per heavy atom. The van der Waals surface area contributed by atoms with Gasteiger partial charge < -0.3 is 9.64 Å². The van der Waals surface area contributed by atoms with Crippen molar-refractivity contribution in [3.8, 4) is 0 Å². The number of anilines is 2. The number of sulfonamides is 1. The lowest BCUT2D eigenvalue weighted by atomic mass is 10.2. The van der Waals surface area contributed by atoms with Crippen LogP contribution in [-0.4, -0.2) is 34.7 Å². The van der Waals surface area contributed by atoms with Crippen LogP contribution in [-0.2, 0) is 14.8 Å². The Morgan fingerprint density at radius 2 is 1.88 bits per heavy atom. The highest BCUT2D eigenvalue weighted by Gasteiger charge is 2.20. The van der Waals surface area contributed by atoms with Crippen LogP contribution >= 0.6 is 11.6 Å². The lowest BCUT2D eigenvalue weighted by molar-refractivity contribution is 0.123. The number of nitrogens with zero attached hydrogens (tertiary/aromatic N) is 1. The van der Waals surface area contributed by atoms with Gasteiger partial charge in [0.25, 0.3) is 10.0 Å². The lowest BCUT2D eigenvalue weighted by Gasteiger charge is -2.30. The third-order valence-electron chi connectivity index (χ3n) is 3.66. The van der Waals surface area contributed by atoms with Crippen molar-refractivity contribution in [3.05, 3.63) is 53.3 Å². The summed E-state index contributed by atoms with van der Waals surface area (Å²) in [6.45, 7) is 2.30. The minimum Gasteiger partial charge on any atom is -0.378 e. The Morgan fingerprint density at radius 1 is 1.12 bits per heavy atom. The molecule has 0 saturated carbocycles. The molecule has 1 aliphatic rings. The van der Waals surface area contributed by atoms with Crippen LogP contribution < -0.4 is 9.62 Å². The molecule has 0 bridgehead atoms. The van der Waals surface area contributed by atoms with Crippen LogP contribution in [0.15, 0.2) is 47.4 Å². The number of halogens is 2. The summed E-state index contributed by atoms with van der Waals surface area (Å²) in [6.07, 6.45) is 0. The SMILES string of the molecule is O=S(=O)(Nc1cc(F)ccc1N1CCOCC1)c1cccc(Cl)c1. The van der Waals surface area contributed by atoms with Crippen LogP contribution in [0.2, 0.25) is 5.02 Å². The first-order valence-electron chi connectivity index (χ1n) is 7.36. The number of hydrogen-bond acceptors (Lipinski definition) is 4. The van der Waals surface area contributed by atoms with Crippen LogP contribution in [0.5, 0.6) is 0 Å². The van der Waals surface area contributed by atoms with Gasteiger partial charge in [0.2, 0.25) is 0 Å². The molecule has 128 valence electrons. The second-order valence-corrected chi connectivity index (χ2v) is 7.44. The van der Waals surface area contributed by atoms with Crippen LogP contribution in [0.4, 0.5) is 15.8 Å². The largest absolute Gasteiger partial charge is 0.378 e. The highest BCUT2D eigenvalue weighted by atomic mass is 35.5. The van der Waals surface area contributed by atoms with E-state index in [4.69, 9.17) is 16.3 Å². The van der Waals surface area contributed by atoms with Crippen molar-refractivity contribution in [2.75, 3.05) is 35.9 Å². The Bertz CT molecular complexity index is 839. The van der Waals surface area contributed by atoms with Gasteiger partial charge in [-0.3, -0.25) is 4.72 Å². The highest BCUT2D eigenvalue weighted by Crippen LogP contribution is 2.30. The van der Waals surface area contributed by atoms with Gasteiger partial charge in [-0.15, -0.1) is 0 Å². The fourth-order valence-electron chi connectivity index (χ4n) is 2.51. The molecule has 0 unspecified atom stereocenters. The molecule has 0 aromatic heterocycles. The summed E-state index contributed by atoms with van der Waals surface area (Å²) in [4.78, 5) is 1.98. The third kappa shape index (κ3) is 3.80. The molecular weight excluding hydrogens is 355 g/mol. The second kappa shape index (κ2) is 6.96. The predicted octanol–water partition coefficient (Wildman–Crippen LogP) is 3.12. The number of rotatable bonds is 4. The number of hydrogen-bond donors (Lipinski definition) is 1. The molecule has 2 aromatic rings. The predicted molar refractivity (Wildman–Crippen MR) is 91.7 cm³/mol. The van der Waals surface area contributed by atoms with E-state index in [9.17, 15) is 12.8 Å². The fourth-order valence-corrected chi connectivity index (χ4v) is 3.87. The van der Waals surface area contributed by atoms with Gasteiger partial charge in [0.1, 0.15) is 5.82 Å². The zero-order valence-corrected chi connectivity index (χ0v) is 14.3. The summed E-state index contributed by atoms with van der Waals surface area (Å²) in [6, 6.07) is 9.96. The van der Waals surface area contributed by atoms with Crippen LogP contribution in [0.25, 0.3) is 0 Å². The zero-order valence-electron chi connectivity index (χ0n) is 12.7. The smallest absolute Gasteiger partial charge is 0.262 e. The van der Waals surface area contributed by atoms with Gasteiger partial charge in [0.15, 0.2) is 0 Å². The number of benzene rings is 2. The van der Waals surface area contributed by atoms with E-state index in [0.29, 0.717) is 37.0 Å². The molecule has 3 rings (SSSR count). The highest BCUT2D eigenvalue weighted by molar-refractivity contribution is 7.92. The monoisotopic (exact) mass is 370 g/mol. The average molecular weight is 371 g/mol. The van der Waals surface area contributed by atoms with Gasteiger partial charge in [0, 0.05) is 24.2 Å². The molecule has 2 aromatic carbocycles. The minimum atomic E-state index is -3.87. The maximum absolute atomic E-state index is 13.7. The van der Waals surface area contributed by atoms with Crippen molar-refractivity contribution >= 4 is 33.0 Å². The molecule has 0 atom stereocenters. The molecule has 1 aliphatic heterocycles. The summed E-state index contributed by atoms with van der Waals surface area (Å²) >= 11 is 5.86. The Hall–Kier alpha value is -1.83. The maximum Gasteiger partial charge on any atom is 0.262 e. The fraction of sp³-hybridized carbons (Fsp3) is 0.250. The maximum atomic E-state index is 13.7. The van der Waals surface area contributed by atoms with E-state index in [1.807, 2.05) is 4.90 Å². The van der Waals surface area contributed by atoms with Gasteiger partial charge in [-0.1, -0.05) is 17.7 Å². The Labute approximate surface area is 145 Å². The van der Waals surface area contributed by atoms with Crippen LogP contribution in [0.3, 0.4) is 0 Å². The van der Waals surface area contributed by atoms with Crippen molar-refractivity contribution < 1.29 is 17.5 Å². The molecule has 0 radical (unpaired) electrons. The van der Waals surface area contributed by atoms with E-state index in [1.165, 1.54) is 24.3 Å².